The van der Waals surface area contributed by atoms with Gasteiger partial charge >= 0.3 is 5.97 Å². The molecular formula is C13H16O2S. The Labute approximate surface area is 100 Å². The Hall–Kier alpha value is -1.22. The lowest BCUT2D eigenvalue weighted by molar-refractivity contribution is -0.131. The number of thioether (sulfide) groups is 1. The molecule has 0 unspecified atom stereocenters. The molecule has 1 aromatic carbocycles. The molecule has 0 spiro atoms. The molecule has 0 heterocycles. The maximum Gasteiger partial charge on any atom is 0.328 e. The number of hydrogen-bond acceptors (Lipinski definition) is 2. The highest BCUT2D eigenvalue weighted by Gasteiger charge is 1.94. The maximum absolute atomic E-state index is 10.3. The third kappa shape index (κ3) is 5.03. The van der Waals surface area contributed by atoms with E-state index < -0.39 is 5.97 Å². The van der Waals surface area contributed by atoms with Gasteiger partial charge in [0.15, 0.2) is 0 Å². The highest BCUT2D eigenvalue weighted by atomic mass is 32.2. The highest BCUT2D eigenvalue weighted by Crippen LogP contribution is 2.14. The molecule has 0 fully saturated rings. The van der Waals surface area contributed by atoms with E-state index in [2.05, 4.69) is 6.92 Å². The minimum absolute atomic E-state index is 0.914. The van der Waals surface area contributed by atoms with Gasteiger partial charge in [0.25, 0.3) is 0 Å². The molecule has 16 heavy (non-hydrogen) atoms. The third-order valence-corrected chi connectivity index (χ3v) is 3.25. The molecule has 1 N–H and O–H groups in total. The van der Waals surface area contributed by atoms with E-state index in [0.717, 1.165) is 17.4 Å². The number of carboxylic acids is 1. The summed E-state index contributed by atoms with van der Waals surface area (Å²) in [7, 11) is 0. The van der Waals surface area contributed by atoms with Crippen LogP contribution in [0.1, 0.15) is 24.5 Å². The second-order valence-corrected chi connectivity index (χ2v) is 4.57. The maximum atomic E-state index is 10.3. The number of benzene rings is 1. The summed E-state index contributed by atoms with van der Waals surface area (Å²) in [6.07, 6.45) is 3.95. The van der Waals surface area contributed by atoms with Crippen LogP contribution < -0.4 is 0 Å². The summed E-state index contributed by atoms with van der Waals surface area (Å²) in [5, 5.41) is 8.48. The molecule has 0 aliphatic carbocycles. The van der Waals surface area contributed by atoms with Crippen LogP contribution in [0.5, 0.6) is 0 Å². The van der Waals surface area contributed by atoms with Crippen molar-refractivity contribution in [1.29, 1.82) is 0 Å². The molecular weight excluding hydrogens is 220 g/mol. The van der Waals surface area contributed by atoms with Crippen molar-refractivity contribution in [3.8, 4) is 0 Å². The van der Waals surface area contributed by atoms with E-state index in [-0.39, 0.29) is 0 Å². The van der Waals surface area contributed by atoms with Crippen LogP contribution in [0, 0.1) is 0 Å². The van der Waals surface area contributed by atoms with Crippen LogP contribution >= 0.6 is 11.8 Å². The van der Waals surface area contributed by atoms with Crippen molar-refractivity contribution in [2.45, 2.75) is 19.1 Å². The number of hydrogen-bond donors (Lipinski definition) is 1. The Kier molecular flexibility index (Phi) is 5.72. The first kappa shape index (κ1) is 12.8. The zero-order chi connectivity index (χ0) is 11.8. The first-order chi connectivity index (χ1) is 7.72. The quantitative estimate of drug-likeness (QED) is 0.607. The summed E-state index contributed by atoms with van der Waals surface area (Å²) in [5.74, 6) is 1.29. The third-order valence-electron chi connectivity index (χ3n) is 2.02. The van der Waals surface area contributed by atoms with Crippen molar-refractivity contribution >= 4 is 23.8 Å². The average molecular weight is 236 g/mol. The minimum Gasteiger partial charge on any atom is -0.478 e. The van der Waals surface area contributed by atoms with Gasteiger partial charge in [-0.2, -0.15) is 11.8 Å². The number of rotatable bonds is 6. The van der Waals surface area contributed by atoms with E-state index in [1.54, 1.807) is 6.08 Å². The monoisotopic (exact) mass is 236 g/mol. The van der Waals surface area contributed by atoms with Gasteiger partial charge in [0, 0.05) is 11.8 Å². The van der Waals surface area contributed by atoms with Crippen LogP contribution in [0.2, 0.25) is 0 Å². The molecule has 0 atom stereocenters. The van der Waals surface area contributed by atoms with Gasteiger partial charge in [-0.25, -0.2) is 4.79 Å². The molecule has 0 aliphatic rings. The molecule has 0 radical (unpaired) electrons. The zero-order valence-electron chi connectivity index (χ0n) is 9.35. The number of aliphatic carboxylic acids is 1. The Balaban J connectivity index is 2.51. The molecule has 0 aromatic heterocycles. The molecule has 2 nitrogen and oxygen atoms in total. The van der Waals surface area contributed by atoms with Crippen LogP contribution in [-0.2, 0) is 10.5 Å². The predicted octanol–water partition coefficient (Wildman–Crippen LogP) is 3.43. The fraction of sp³-hybridized carbons (Fsp3) is 0.308. The smallest absolute Gasteiger partial charge is 0.328 e. The summed E-state index contributed by atoms with van der Waals surface area (Å²) in [4.78, 5) is 10.3. The van der Waals surface area contributed by atoms with E-state index in [4.69, 9.17) is 5.11 Å². The lowest BCUT2D eigenvalue weighted by atomic mass is 10.1. The van der Waals surface area contributed by atoms with Crippen molar-refractivity contribution in [3.05, 3.63) is 41.5 Å². The van der Waals surface area contributed by atoms with E-state index in [1.165, 1.54) is 17.7 Å². The van der Waals surface area contributed by atoms with Crippen LogP contribution in [-0.4, -0.2) is 16.8 Å². The minimum atomic E-state index is -0.914. The second kappa shape index (κ2) is 7.12. The Morgan fingerprint density at radius 1 is 1.38 bits per heavy atom. The van der Waals surface area contributed by atoms with Crippen LogP contribution in [0.3, 0.4) is 0 Å². The molecule has 0 amide bonds. The lowest BCUT2D eigenvalue weighted by Crippen LogP contribution is -1.86. The normalized spacial score (nSPS) is 10.8. The Morgan fingerprint density at radius 3 is 2.62 bits per heavy atom. The first-order valence-corrected chi connectivity index (χ1v) is 6.45. The average Bonchev–Trinajstić information content (AvgIpc) is 2.28. The van der Waals surface area contributed by atoms with E-state index in [1.807, 2.05) is 36.0 Å². The number of carboxylic acid groups (broad SMARTS) is 1. The lowest BCUT2D eigenvalue weighted by Gasteiger charge is -2.01. The van der Waals surface area contributed by atoms with Crippen molar-refractivity contribution in [2.24, 2.45) is 0 Å². The summed E-state index contributed by atoms with van der Waals surface area (Å²) < 4.78 is 0. The Bertz CT molecular complexity index is 355. The molecule has 0 aliphatic heterocycles. The molecule has 0 bridgehead atoms. The topological polar surface area (TPSA) is 37.3 Å². The van der Waals surface area contributed by atoms with Gasteiger partial charge in [-0.15, -0.1) is 0 Å². The first-order valence-electron chi connectivity index (χ1n) is 5.30. The fourth-order valence-electron chi connectivity index (χ4n) is 1.23. The largest absolute Gasteiger partial charge is 0.478 e. The summed E-state index contributed by atoms with van der Waals surface area (Å²) >= 11 is 1.92. The van der Waals surface area contributed by atoms with Crippen molar-refractivity contribution in [3.63, 3.8) is 0 Å². The Morgan fingerprint density at radius 2 is 2.06 bits per heavy atom. The summed E-state index contributed by atoms with van der Waals surface area (Å²) in [6, 6.07) is 7.98. The fourth-order valence-corrected chi connectivity index (χ4v) is 2.09. The summed E-state index contributed by atoms with van der Waals surface area (Å²) in [5.41, 5.74) is 2.21. The highest BCUT2D eigenvalue weighted by molar-refractivity contribution is 7.98. The zero-order valence-corrected chi connectivity index (χ0v) is 10.2. The van der Waals surface area contributed by atoms with Gasteiger partial charge in [0.05, 0.1) is 0 Å². The van der Waals surface area contributed by atoms with E-state index in [9.17, 15) is 4.79 Å². The van der Waals surface area contributed by atoms with Crippen LogP contribution in [0.4, 0.5) is 0 Å². The van der Waals surface area contributed by atoms with Crippen LogP contribution in [0.15, 0.2) is 30.3 Å². The molecule has 0 saturated carbocycles. The molecule has 86 valence electrons. The van der Waals surface area contributed by atoms with Crippen molar-refractivity contribution < 1.29 is 9.90 Å². The molecule has 0 saturated heterocycles. The predicted molar refractivity (Wildman–Crippen MR) is 69.6 cm³/mol. The SMILES string of the molecule is CCCSCc1ccc(C=CC(=O)O)cc1. The number of carbonyl (C=O) groups is 1. The summed E-state index contributed by atoms with van der Waals surface area (Å²) in [6.45, 7) is 2.17. The van der Waals surface area contributed by atoms with Gasteiger partial charge in [-0.05, 0) is 29.4 Å². The van der Waals surface area contributed by atoms with E-state index in [0.29, 0.717) is 0 Å². The standard InChI is InChI=1S/C13H16O2S/c1-2-9-16-10-12-5-3-11(4-6-12)7-8-13(14)15/h3-8H,2,9-10H2,1H3,(H,14,15). The molecule has 3 heteroatoms. The van der Waals surface area contributed by atoms with Gasteiger partial charge in [-0.3, -0.25) is 0 Å². The second-order valence-electron chi connectivity index (χ2n) is 3.47. The van der Waals surface area contributed by atoms with Crippen molar-refractivity contribution in [1.82, 2.24) is 0 Å². The van der Waals surface area contributed by atoms with E-state index >= 15 is 0 Å². The van der Waals surface area contributed by atoms with Gasteiger partial charge in [0.2, 0.25) is 0 Å². The van der Waals surface area contributed by atoms with Gasteiger partial charge in [0.1, 0.15) is 0 Å². The van der Waals surface area contributed by atoms with Gasteiger partial charge < -0.3 is 5.11 Å². The molecule has 1 aromatic rings. The van der Waals surface area contributed by atoms with Crippen molar-refractivity contribution in [2.75, 3.05) is 5.75 Å². The van der Waals surface area contributed by atoms with Crippen LogP contribution in [0.25, 0.3) is 6.08 Å². The van der Waals surface area contributed by atoms with Gasteiger partial charge in [-0.1, -0.05) is 31.2 Å². The molecule has 1 rings (SSSR count).